The predicted molar refractivity (Wildman–Crippen MR) is 85.1 cm³/mol. The molecule has 0 atom stereocenters. The van der Waals surface area contributed by atoms with Crippen molar-refractivity contribution in [3.8, 4) is 5.75 Å². The minimum atomic E-state index is -4.49. The average Bonchev–Trinajstić information content (AvgIpc) is 2.48. The number of aryl methyl sites for hydroxylation is 1. The largest absolute Gasteiger partial charge is 0.417 e. The molecule has 6 heteroatoms. The number of hydrogen-bond donors (Lipinski definition) is 0. The molecule has 2 aromatic rings. The molecule has 2 nitrogen and oxygen atoms in total. The Morgan fingerprint density at radius 2 is 1.78 bits per heavy atom. The topological polar surface area (TPSA) is 21.6 Å². The Balaban J connectivity index is 2.38. The van der Waals surface area contributed by atoms with Crippen molar-refractivity contribution in [2.45, 2.75) is 26.4 Å². The van der Waals surface area contributed by atoms with Crippen LogP contribution in [-0.4, -0.2) is 5.71 Å². The van der Waals surface area contributed by atoms with Crippen LogP contribution in [-0.2, 0) is 6.18 Å². The molecule has 122 valence electrons. The number of nitrogens with zero attached hydrogens (tertiary/aromatic N) is 1. The van der Waals surface area contributed by atoms with Crippen LogP contribution in [0.4, 0.5) is 13.2 Å². The van der Waals surface area contributed by atoms with Crippen LogP contribution in [0.15, 0.2) is 47.6 Å². The zero-order chi connectivity index (χ0) is 17.0. The molecule has 0 N–H and O–H groups in total. The van der Waals surface area contributed by atoms with Gasteiger partial charge < -0.3 is 4.84 Å². The highest BCUT2D eigenvalue weighted by Crippen LogP contribution is 2.34. The standard InChI is InChI=1S/C17H15ClF3NO/c1-3-16(22-23-13-7-4-11(2)5-8-13)14-10-12(18)6-9-15(14)17(19,20)21/h4-10H,3H2,1-2H3. The van der Waals surface area contributed by atoms with Crippen LogP contribution < -0.4 is 4.84 Å². The van der Waals surface area contributed by atoms with Gasteiger partial charge in [0.2, 0.25) is 0 Å². The number of alkyl halides is 3. The van der Waals surface area contributed by atoms with Gasteiger partial charge in [-0.2, -0.15) is 13.2 Å². The summed E-state index contributed by atoms with van der Waals surface area (Å²) < 4.78 is 39.4. The van der Waals surface area contributed by atoms with Crippen LogP contribution in [0, 0.1) is 6.92 Å². The maximum atomic E-state index is 13.1. The second kappa shape index (κ2) is 7.04. The predicted octanol–water partition coefficient (Wildman–Crippen LogP) is 5.86. The van der Waals surface area contributed by atoms with Crippen molar-refractivity contribution in [2.75, 3.05) is 0 Å². The maximum Gasteiger partial charge on any atom is 0.417 e. The van der Waals surface area contributed by atoms with Gasteiger partial charge in [0.05, 0.1) is 11.3 Å². The highest BCUT2D eigenvalue weighted by Gasteiger charge is 2.34. The van der Waals surface area contributed by atoms with Crippen LogP contribution in [0.2, 0.25) is 5.02 Å². The molecule has 0 saturated heterocycles. The quantitative estimate of drug-likeness (QED) is 0.504. The lowest BCUT2D eigenvalue weighted by molar-refractivity contribution is -0.137. The summed E-state index contributed by atoms with van der Waals surface area (Å²) in [6.07, 6.45) is -4.21. The van der Waals surface area contributed by atoms with E-state index in [4.69, 9.17) is 16.4 Å². The number of rotatable bonds is 4. The Hall–Kier alpha value is -2.01. The van der Waals surface area contributed by atoms with Crippen LogP contribution in [0.1, 0.15) is 30.0 Å². The Morgan fingerprint density at radius 3 is 2.35 bits per heavy atom. The summed E-state index contributed by atoms with van der Waals surface area (Å²) >= 11 is 5.84. The van der Waals surface area contributed by atoms with E-state index >= 15 is 0 Å². The van der Waals surface area contributed by atoms with Gasteiger partial charge in [0.15, 0.2) is 5.75 Å². The second-order valence-corrected chi connectivity index (χ2v) is 5.42. The summed E-state index contributed by atoms with van der Waals surface area (Å²) in [6, 6.07) is 10.5. The number of oxime groups is 1. The zero-order valence-electron chi connectivity index (χ0n) is 12.6. The third-order valence-corrected chi connectivity index (χ3v) is 3.45. The van der Waals surface area contributed by atoms with E-state index in [1.54, 1.807) is 19.1 Å². The van der Waals surface area contributed by atoms with Crippen molar-refractivity contribution in [1.29, 1.82) is 0 Å². The third-order valence-electron chi connectivity index (χ3n) is 3.22. The molecule has 23 heavy (non-hydrogen) atoms. The number of halogens is 4. The van der Waals surface area contributed by atoms with Crippen LogP contribution in [0.3, 0.4) is 0 Å². The molecular formula is C17H15ClF3NO. The summed E-state index contributed by atoms with van der Waals surface area (Å²) in [6.45, 7) is 3.63. The lowest BCUT2D eigenvalue weighted by Crippen LogP contribution is -2.14. The van der Waals surface area contributed by atoms with Crippen LogP contribution in [0.25, 0.3) is 0 Å². The summed E-state index contributed by atoms with van der Waals surface area (Å²) in [5, 5.41) is 4.10. The summed E-state index contributed by atoms with van der Waals surface area (Å²) in [4.78, 5) is 5.25. The van der Waals surface area contributed by atoms with Gasteiger partial charge in [0.25, 0.3) is 0 Å². The molecule has 0 spiro atoms. The van der Waals surface area contributed by atoms with E-state index in [0.717, 1.165) is 11.6 Å². The summed E-state index contributed by atoms with van der Waals surface area (Å²) in [7, 11) is 0. The molecule has 0 radical (unpaired) electrons. The molecule has 0 unspecified atom stereocenters. The van der Waals surface area contributed by atoms with E-state index in [-0.39, 0.29) is 22.7 Å². The van der Waals surface area contributed by atoms with Crippen molar-refractivity contribution in [1.82, 2.24) is 0 Å². The van der Waals surface area contributed by atoms with E-state index in [1.165, 1.54) is 12.1 Å². The molecule has 0 fully saturated rings. The van der Waals surface area contributed by atoms with Gasteiger partial charge >= 0.3 is 6.18 Å². The Kier molecular flexibility index (Phi) is 5.31. The molecule has 0 aliphatic carbocycles. The Labute approximate surface area is 137 Å². The normalized spacial score (nSPS) is 12.3. The molecule has 0 aromatic heterocycles. The number of hydrogen-bond acceptors (Lipinski definition) is 2. The fraction of sp³-hybridized carbons (Fsp3) is 0.235. The van der Waals surface area contributed by atoms with Crippen LogP contribution in [0.5, 0.6) is 5.75 Å². The lowest BCUT2D eigenvalue weighted by Gasteiger charge is -2.14. The minimum Gasteiger partial charge on any atom is -0.357 e. The van der Waals surface area contributed by atoms with Crippen molar-refractivity contribution >= 4 is 17.3 Å². The SMILES string of the molecule is CCC(=NOc1ccc(C)cc1)c1cc(Cl)ccc1C(F)(F)F. The monoisotopic (exact) mass is 341 g/mol. The molecule has 2 rings (SSSR count). The van der Waals surface area contributed by atoms with E-state index in [9.17, 15) is 13.2 Å². The molecule has 0 aliphatic rings. The van der Waals surface area contributed by atoms with Crippen molar-refractivity contribution in [3.63, 3.8) is 0 Å². The summed E-state index contributed by atoms with van der Waals surface area (Å²) in [5.41, 5.74) is 0.376. The maximum absolute atomic E-state index is 13.1. The fourth-order valence-electron chi connectivity index (χ4n) is 2.01. The van der Waals surface area contributed by atoms with Gasteiger partial charge in [-0.05, 0) is 43.7 Å². The molecule has 2 aromatic carbocycles. The highest BCUT2D eigenvalue weighted by atomic mass is 35.5. The fourth-order valence-corrected chi connectivity index (χ4v) is 2.19. The Bertz CT molecular complexity index is 709. The smallest absolute Gasteiger partial charge is 0.357 e. The van der Waals surface area contributed by atoms with Crippen molar-refractivity contribution in [3.05, 3.63) is 64.2 Å². The first-order chi connectivity index (χ1) is 10.8. The van der Waals surface area contributed by atoms with Gasteiger partial charge in [-0.15, -0.1) is 0 Å². The van der Waals surface area contributed by atoms with Gasteiger partial charge in [0.1, 0.15) is 0 Å². The molecule has 0 amide bonds. The highest BCUT2D eigenvalue weighted by molar-refractivity contribution is 6.31. The van der Waals surface area contributed by atoms with Crippen molar-refractivity contribution < 1.29 is 18.0 Å². The van der Waals surface area contributed by atoms with E-state index in [0.29, 0.717) is 5.75 Å². The minimum absolute atomic E-state index is 0.0698. The van der Waals surface area contributed by atoms with Gasteiger partial charge in [0, 0.05) is 10.6 Å². The molecular weight excluding hydrogens is 327 g/mol. The third kappa shape index (κ3) is 4.48. The first kappa shape index (κ1) is 17.3. The van der Waals surface area contributed by atoms with E-state index < -0.39 is 11.7 Å². The van der Waals surface area contributed by atoms with E-state index in [2.05, 4.69) is 5.16 Å². The second-order valence-electron chi connectivity index (χ2n) is 4.98. The van der Waals surface area contributed by atoms with Gasteiger partial charge in [-0.3, -0.25) is 0 Å². The molecule has 0 bridgehead atoms. The van der Waals surface area contributed by atoms with E-state index in [1.807, 2.05) is 19.1 Å². The first-order valence-corrected chi connectivity index (χ1v) is 7.36. The molecule has 0 aliphatic heterocycles. The Morgan fingerprint density at radius 1 is 1.13 bits per heavy atom. The van der Waals surface area contributed by atoms with Crippen molar-refractivity contribution in [2.24, 2.45) is 5.16 Å². The van der Waals surface area contributed by atoms with Gasteiger partial charge in [-0.25, -0.2) is 0 Å². The van der Waals surface area contributed by atoms with Gasteiger partial charge in [-0.1, -0.05) is 41.4 Å². The summed E-state index contributed by atoms with van der Waals surface area (Å²) in [5.74, 6) is 0.456. The zero-order valence-corrected chi connectivity index (χ0v) is 13.4. The van der Waals surface area contributed by atoms with Crippen LogP contribution >= 0.6 is 11.6 Å². The lowest BCUT2D eigenvalue weighted by atomic mass is 10.0. The molecule has 0 heterocycles. The molecule has 0 saturated carbocycles. The average molecular weight is 342 g/mol. The first-order valence-electron chi connectivity index (χ1n) is 6.99. The number of benzene rings is 2.